The fourth-order valence-corrected chi connectivity index (χ4v) is 2.48. The van der Waals surface area contributed by atoms with Crippen molar-refractivity contribution in [2.75, 3.05) is 32.2 Å². The number of methoxy groups -OCH3 is 1. The summed E-state index contributed by atoms with van der Waals surface area (Å²) >= 11 is 0. The van der Waals surface area contributed by atoms with Crippen molar-refractivity contribution in [2.45, 2.75) is 19.3 Å². The molecule has 0 aliphatic rings. The van der Waals surface area contributed by atoms with Crippen LogP contribution in [-0.2, 0) is 9.59 Å². The number of nitrogens with zero attached hydrogens (tertiary/aromatic N) is 1. The minimum absolute atomic E-state index is 0.00293. The molecule has 0 saturated heterocycles. The fourth-order valence-electron chi connectivity index (χ4n) is 2.48. The maximum Gasteiger partial charge on any atom is 0.226 e. The van der Waals surface area contributed by atoms with E-state index < -0.39 is 0 Å². The summed E-state index contributed by atoms with van der Waals surface area (Å²) in [6.07, 6.45) is 1.17. The van der Waals surface area contributed by atoms with Crippen molar-refractivity contribution < 1.29 is 19.1 Å². The van der Waals surface area contributed by atoms with Gasteiger partial charge in [0.1, 0.15) is 18.1 Å². The monoisotopic (exact) mass is 370 g/mol. The third kappa shape index (κ3) is 7.01. The molecule has 6 heteroatoms. The molecular weight excluding hydrogens is 344 g/mol. The Bertz CT molecular complexity index is 717. The summed E-state index contributed by atoms with van der Waals surface area (Å²) in [5.74, 6) is 1.41. The number of amides is 2. The van der Waals surface area contributed by atoms with Crippen LogP contribution in [0.4, 0.5) is 5.69 Å². The van der Waals surface area contributed by atoms with Crippen LogP contribution in [0, 0.1) is 0 Å². The summed E-state index contributed by atoms with van der Waals surface area (Å²) in [6.45, 7) is 0.802. The molecule has 2 amide bonds. The normalized spacial score (nSPS) is 10.1. The highest BCUT2D eigenvalue weighted by molar-refractivity contribution is 5.92. The predicted octanol–water partition coefficient (Wildman–Crippen LogP) is 3.02. The number of hydrogen-bond acceptors (Lipinski definition) is 4. The van der Waals surface area contributed by atoms with Crippen molar-refractivity contribution in [3.05, 3.63) is 54.6 Å². The van der Waals surface area contributed by atoms with Crippen LogP contribution in [0.2, 0.25) is 0 Å². The first kappa shape index (κ1) is 20.3. The van der Waals surface area contributed by atoms with Crippen LogP contribution in [0.1, 0.15) is 19.3 Å². The van der Waals surface area contributed by atoms with Gasteiger partial charge in [-0.15, -0.1) is 0 Å². The second-order valence-electron chi connectivity index (χ2n) is 6.02. The first-order valence-electron chi connectivity index (χ1n) is 8.95. The van der Waals surface area contributed by atoms with E-state index in [0.29, 0.717) is 32.4 Å². The zero-order valence-corrected chi connectivity index (χ0v) is 15.8. The maximum atomic E-state index is 12.2. The van der Waals surface area contributed by atoms with Crippen molar-refractivity contribution in [1.29, 1.82) is 0 Å². The standard InChI is InChI=1S/C21H26N2O4/c1-23(17-7-4-3-5-8-17)21(25)10-6-9-20(24)22-15-16-27-19-13-11-18(26-2)12-14-19/h3-5,7-8,11-14H,6,9-10,15-16H2,1-2H3,(H,22,24). The number of ether oxygens (including phenoxy) is 2. The van der Waals surface area contributed by atoms with E-state index in [0.717, 1.165) is 17.2 Å². The molecular formula is C21H26N2O4. The second kappa shape index (κ2) is 10.9. The molecule has 0 spiro atoms. The van der Waals surface area contributed by atoms with E-state index in [4.69, 9.17) is 9.47 Å². The number of para-hydroxylation sites is 1. The molecule has 0 aliphatic carbocycles. The van der Waals surface area contributed by atoms with Gasteiger partial charge in [0.25, 0.3) is 0 Å². The number of rotatable bonds is 10. The summed E-state index contributed by atoms with van der Waals surface area (Å²) in [4.78, 5) is 25.6. The lowest BCUT2D eigenvalue weighted by Crippen LogP contribution is -2.29. The molecule has 2 rings (SSSR count). The minimum atomic E-state index is -0.0801. The SMILES string of the molecule is COc1ccc(OCCNC(=O)CCCC(=O)N(C)c2ccccc2)cc1. The van der Waals surface area contributed by atoms with Gasteiger partial charge in [-0.1, -0.05) is 18.2 Å². The topological polar surface area (TPSA) is 67.9 Å². The third-order valence-electron chi connectivity index (χ3n) is 4.06. The smallest absolute Gasteiger partial charge is 0.226 e. The van der Waals surface area contributed by atoms with Crippen molar-refractivity contribution in [1.82, 2.24) is 5.32 Å². The summed E-state index contributed by atoms with van der Waals surface area (Å²) in [5, 5.41) is 2.80. The predicted molar refractivity (Wildman–Crippen MR) is 105 cm³/mol. The van der Waals surface area contributed by atoms with Crippen molar-refractivity contribution in [3.8, 4) is 11.5 Å². The van der Waals surface area contributed by atoms with Crippen LogP contribution >= 0.6 is 0 Å². The molecule has 2 aromatic carbocycles. The Morgan fingerprint density at radius 1 is 0.963 bits per heavy atom. The first-order chi connectivity index (χ1) is 13.1. The van der Waals surface area contributed by atoms with Crippen LogP contribution in [0.25, 0.3) is 0 Å². The average Bonchev–Trinajstić information content (AvgIpc) is 2.71. The molecule has 144 valence electrons. The highest BCUT2D eigenvalue weighted by atomic mass is 16.5. The molecule has 1 N–H and O–H groups in total. The van der Waals surface area contributed by atoms with Gasteiger partial charge < -0.3 is 19.7 Å². The molecule has 2 aromatic rings. The molecule has 27 heavy (non-hydrogen) atoms. The molecule has 0 aliphatic heterocycles. The number of benzene rings is 2. The average molecular weight is 370 g/mol. The number of anilines is 1. The lowest BCUT2D eigenvalue weighted by molar-refractivity contribution is -0.121. The molecule has 0 atom stereocenters. The molecule has 0 radical (unpaired) electrons. The van der Waals surface area contributed by atoms with Crippen LogP contribution in [0.5, 0.6) is 11.5 Å². The highest BCUT2D eigenvalue weighted by Gasteiger charge is 2.11. The molecule has 0 unspecified atom stereocenters. The third-order valence-corrected chi connectivity index (χ3v) is 4.06. The van der Waals surface area contributed by atoms with E-state index in [-0.39, 0.29) is 11.8 Å². The number of nitrogens with one attached hydrogen (secondary N) is 1. The largest absolute Gasteiger partial charge is 0.497 e. The van der Waals surface area contributed by atoms with Crippen molar-refractivity contribution in [2.24, 2.45) is 0 Å². The Morgan fingerprint density at radius 2 is 1.63 bits per heavy atom. The van der Waals surface area contributed by atoms with Crippen LogP contribution < -0.4 is 19.7 Å². The van der Waals surface area contributed by atoms with Gasteiger partial charge in [0.05, 0.1) is 13.7 Å². The maximum absolute atomic E-state index is 12.2. The van der Waals surface area contributed by atoms with Gasteiger partial charge in [-0.25, -0.2) is 0 Å². The number of carbonyl (C=O) groups excluding carboxylic acids is 2. The van der Waals surface area contributed by atoms with E-state index in [1.54, 1.807) is 19.1 Å². The molecule has 0 bridgehead atoms. The lowest BCUT2D eigenvalue weighted by Gasteiger charge is -2.17. The van der Waals surface area contributed by atoms with E-state index in [1.165, 1.54) is 0 Å². The van der Waals surface area contributed by atoms with E-state index in [1.807, 2.05) is 54.6 Å². The van der Waals surface area contributed by atoms with Gasteiger partial charge in [-0.05, 0) is 42.8 Å². The van der Waals surface area contributed by atoms with Gasteiger partial charge in [0.15, 0.2) is 0 Å². The zero-order chi connectivity index (χ0) is 19.5. The van der Waals surface area contributed by atoms with Crippen molar-refractivity contribution >= 4 is 17.5 Å². The fraction of sp³-hybridized carbons (Fsp3) is 0.333. The summed E-state index contributed by atoms with van der Waals surface area (Å²) in [6, 6.07) is 16.7. The van der Waals surface area contributed by atoms with E-state index in [2.05, 4.69) is 5.32 Å². The molecule has 6 nitrogen and oxygen atoms in total. The molecule has 0 fully saturated rings. The van der Waals surface area contributed by atoms with Gasteiger partial charge in [-0.3, -0.25) is 9.59 Å². The quantitative estimate of drug-likeness (QED) is 0.653. The summed E-state index contributed by atoms with van der Waals surface area (Å²) < 4.78 is 10.6. The van der Waals surface area contributed by atoms with Gasteiger partial charge in [-0.2, -0.15) is 0 Å². The van der Waals surface area contributed by atoms with Crippen LogP contribution in [0.15, 0.2) is 54.6 Å². The number of carbonyl (C=O) groups is 2. The molecule has 0 saturated carbocycles. The van der Waals surface area contributed by atoms with E-state index >= 15 is 0 Å². The zero-order valence-electron chi connectivity index (χ0n) is 15.8. The lowest BCUT2D eigenvalue weighted by atomic mass is 10.2. The summed E-state index contributed by atoms with van der Waals surface area (Å²) in [5.41, 5.74) is 0.850. The first-order valence-corrected chi connectivity index (χ1v) is 8.95. The highest BCUT2D eigenvalue weighted by Crippen LogP contribution is 2.16. The summed E-state index contributed by atoms with van der Waals surface area (Å²) in [7, 11) is 3.35. The Morgan fingerprint density at radius 3 is 2.30 bits per heavy atom. The van der Waals surface area contributed by atoms with Crippen molar-refractivity contribution in [3.63, 3.8) is 0 Å². The Balaban J connectivity index is 1.58. The van der Waals surface area contributed by atoms with Crippen LogP contribution in [-0.4, -0.2) is 39.1 Å². The minimum Gasteiger partial charge on any atom is -0.497 e. The molecule has 0 heterocycles. The van der Waals surface area contributed by atoms with Gasteiger partial charge in [0, 0.05) is 25.6 Å². The Kier molecular flexibility index (Phi) is 8.16. The van der Waals surface area contributed by atoms with Gasteiger partial charge in [0.2, 0.25) is 11.8 Å². The number of hydrogen-bond donors (Lipinski definition) is 1. The molecule has 0 aromatic heterocycles. The van der Waals surface area contributed by atoms with E-state index in [9.17, 15) is 9.59 Å². The Labute approximate surface area is 160 Å². The second-order valence-corrected chi connectivity index (χ2v) is 6.02. The van der Waals surface area contributed by atoms with Crippen LogP contribution in [0.3, 0.4) is 0 Å². The Hall–Kier alpha value is -3.02. The van der Waals surface area contributed by atoms with Gasteiger partial charge >= 0.3 is 0 Å².